The number of hydrogen-bond donors (Lipinski definition) is 0. The summed E-state index contributed by atoms with van der Waals surface area (Å²) in [7, 11) is 0. The van der Waals surface area contributed by atoms with Gasteiger partial charge in [0.15, 0.2) is 0 Å². The van der Waals surface area contributed by atoms with Crippen molar-refractivity contribution in [2.75, 3.05) is 0 Å². The molecule has 0 bridgehead atoms. The molecule has 0 aromatic heterocycles. The number of aliphatic carboxylic acids is 4. The Labute approximate surface area is 208 Å². The van der Waals surface area contributed by atoms with Gasteiger partial charge < -0.3 is 39.6 Å². The fourth-order valence-electron chi connectivity index (χ4n) is 2.29. The molecule has 1 fully saturated rings. The first-order valence-electron chi connectivity index (χ1n) is 4.60. The molecule has 0 heterocycles. The van der Waals surface area contributed by atoms with E-state index in [1.54, 1.807) is 0 Å². The van der Waals surface area contributed by atoms with Crippen molar-refractivity contribution in [2.24, 2.45) is 17.3 Å². The van der Waals surface area contributed by atoms with Crippen LogP contribution in [-0.4, -0.2) is 23.9 Å². The molecular formula is C9H6Na4O8. The molecule has 1 rings (SSSR count). The first-order chi connectivity index (χ1) is 7.76. The van der Waals surface area contributed by atoms with Crippen molar-refractivity contribution in [3.05, 3.63) is 0 Å². The van der Waals surface area contributed by atoms with E-state index in [-0.39, 0.29) is 118 Å². The molecule has 21 heavy (non-hydrogen) atoms. The van der Waals surface area contributed by atoms with Crippen LogP contribution in [-0.2, 0) is 19.2 Å². The first kappa shape index (κ1) is 30.7. The topological polar surface area (TPSA) is 161 Å². The van der Waals surface area contributed by atoms with Gasteiger partial charge in [0.25, 0.3) is 0 Å². The van der Waals surface area contributed by atoms with E-state index in [0.717, 1.165) is 0 Å². The average molecular weight is 334 g/mol. The average Bonchev–Trinajstić information content (AvgIpc) is 2.57. The molecule has 0 N–H and O–H groups in total. The molecule has 94 valence electrons. The summed E-state index contributed by atoms with van der Waals surface area (Å²) in [5.41, 5.74) is -3.14. The zero-order valence-corrected chi connectivity index (χ0v) is 20.3. The quantitative estimate of drug-likeness (QED) is 0.362. The molecule has 0 aromatic rings. The van der Waals surface area contributed by atoms with Crippen LogP contribution in [0.3, 0.4) is 0 Å². The van der Waals surface area contributed by atoms with E-state index in [0.29, 0.717) is 0 Å². The van der Waals surface area contributed by atoms with Gasteiger partial charge in [-0.1, -0.05) is 0 Å². The van der Waals surface area contributed by atoms with Crippen LogP contribution < -0.4 is 139 Å². The van der Waals surface area contributed by atoms with Crippen LogP contribution >= 0.6 is 0 Å². The molecule has 2 atom stereocenters. The van der Waals surface area contributed by atoms with E-state index in [4.69, 9.17) is 0 Å². The van der Waals surface area contributed by atoms with Gasteiger partial charge in [-0.3, -0.25) is 0 Å². The van der Waals surface area contributed by atoms with Gasteiger partial charge in [-0.15, -0.1) is 0 Å². The molecule has 12 heteroatoms. The normalized spacial score (nSPS) is 21.3. The van der Waals surface area contributed by atoms with E-state index >= 15 is 0 Å². The van der Waals surface area contributed by atoms with Crippen molar-refractivity contribution < 1.29 is 158 Å². The van der Waals surface area contributed by atoms with Gasteiger partial charge in [-0.25, -0.2) is 0 Å². The molecule has 0 aromatic carbocycles. The third-order valence-electron chi connectivity index (χ3n) is 3.09. The molecule has 0 spiro atoms. The van der Waals surface area contributed by atoms with Gasteiger partial charge >= 0.3 is 118 Å². The Morgan fingerprint density at radius 2 is 0.905 bits per heavy atom. The van der Waals surface area contributed by atoms with Gasteiger partial charge in [0.05, 0.1) is 17.4 Å². The summed E-state index contributed by atoms with van der Waals surface area (Å²) in [5, 5.41) is 43.1. The monoisotopic (exact) mass is 334 g/mol. The number of carbonyl (C=O) groups is 4. The van der Waals surface area contributed by atoms with Crippen molar-refractivity contribution in [2.45, 2.75) is 12.8 Å². The number of hydrogen-bond acceptors (Lipinski definition) is 8. The van der Waals surface area contributed by atoms with Crippen molar-refractivity contribution >= 4 is 23.9 Å². The number of carboxylic acids is 4. The zero-order valence-electron chi connectivity index (χ0n) is 12.3. The number of carbonyl (C=O) groups excluding carboxylic acids is 4. The molecule has 1 aliphatic carbocycles. The van der Waals surface area contributed by atoms with Gasteiger partial charge in [-0.2, -0.15) is 0 Å². The standard InChI is InChI=1S/C9H10O8.4Na/c10-5(11)3-1-2-4(6(12)13)9(3,7(14)15)8(16)17;;;;/h3-4H,1-2H2,(H,10,11)(H,12,13)(H,14,15)(H,16,17);;;;/q;4*+1/p-4. The predicted octanol–water partition coefficient (Wildman–Crippen LogP) is -18.0. The maximum Gasteiger partial charge on any atom is 1.00 e. The third kappa shape index (κ3) is 5.72. The minimum atomic E-state index is -3.14. The van der Waals surface area contributed by atoms with Crippen LogP contribution in [0.25, 0.3) is 0 Å². The number of rotatable bonds is 4. The molecule has 8 nitrogen and oxygen atoms in total. The van der Waals surface area contributed by atoms with Gasteiger partial charge in [-0.05, 0) is 12.8 Å². The minimum absolute atomic E-state index is 0. The van der Waals surface area contributed by atoms with Crippen molar-refractivity contribution in [3.8, 4) is 0 Å². The van der Waals surface area contributed by atoms with Gasteiger partial charge in [0, 0.05) is 23.8 Å². The van der Waals surface area contributed by atoms with Crippen molar-refractivity contribution in [1.29, 1.82) is 0 Å². The Balaban J connectivity index is -0.000000361. The summed E-state index contributed by atoms with van der Waals surface area (Å²) < 4.78 is 0. The van der Waals surface area contributed by atoms with E-state index in [9.17, 15) is 39.6 Å². The second-order valence-corrected chi connectivity index (χ2v) is 3.76. The second kappa shape index (κ2) is 12.3. The number of carboxylic acid groups (broad SMARTS) is 4. The van der Waals surface area contributed by atoms with Gasteiger partial charge in [0.2, 0.25) is 0 Å². The Kier molecular flexibility index (Phi) is 18.0. The van der Waals surface area contributed by atoms with E-state index in [1.807, 2.05) is 0 Å². The summed E-state index contributed by atoms with van der Waals surface area (Å²) in [6.45, 7) is 0. The smallest absolute Gasteiger partial charge is 0.550 e. The summed E-state index contributed by atoms with van der Waals surface area (Å²) in [5.74, 6) is -12.6. The van der Waals surface area contributed by atoms with E-state index in [2.05, 4.69) is 0 Å². The Hall–Kier alpha value is 1.88. The van der Waals surface area contributed by atoms with Gasteiger partial charge in [0.1, 0.15) is 0 Å². The molecule has 1 aliphatic rings. The van der Waals surface area contributed by atoms with Crippen LogP contribution in [0, 0.1) is 17.3 Å². The molecule has 0 saturated heterocycles. The Morgan fingerprint density at radius 3 is 1.05 bits per heavy atom. The van der Waals surface area contributed by atoms with Crippen LogP contribution in [0.1, 0.15) is 12.8 Å². The minimum Gasteiger partial charge on any atom is -0.550 e. The molecule has 0 radical (unpaired) electrons. The summed E-state index contributed by atoms with van der Waals surface area (Å²) in [6.07, 6.45) is -0.939. The SMILES string of the molecule is O=C([O-])C1CCC(C(=O)[O-])C1(C(=O)[O-])C(=O)[O-].[Na+].[Na+].[Na+].[Na+]. The molecule has 0 aliphatic heterocycles. The van der Waals surface area contributed by atoms with Crippen molar-refractivity contribution in [3.63, 3.8) is 0 Å². The van der Waals surface area contributed by atoms with Crippen LogP contribution in [0.5, 0.6) is 0 Å². The summed E-state index contributed by atoms with van der Waals surface area (Å²) in [4.78, 5) is 43.1. The Morgan fingerprint density at radius 1 is 0.667 bits per heavy atom. The second-order valence-electron chi connectivity index (χ2n) is 3.76. The maximum absolute atomic E-state index is 10.9. The predicted molar refractivity (Wildman–Crippen MR) is 38.7 cm³/mol. The van der Waals surface area contributed by atoms with E-state index < -0.39 is 54.0 Å². The fourth-order valence-corrected chi connectivity index (χ4v) is 2.29. The van der Waals surface area contributed by atoms with Crippen LogP contribution in [0.2, 0.25) is 0 Å². The Bertz CT molecular complexity index is 375. The van der Waals surface area contributed by atoms with E-state index in [1.165, 1.54) is 0 Å². The molecule has 1 saturated carbocycles. The molecule has 2 unspecified atom stereocenters. The zero-order chi connectivity index (χ0) is 13.4. The largest absolute Gasteiger partial charge is 1.00 e. The van der Waals surface area contributed by atoms with Crippen molar-refractivity contribution in [1.82, 2.24) is 0 Å². The van der Waals surface area contributed by atoms with Crippen LogP contribution in [0.15, 0.2) is 0 Å². The molecular weight excluding hydrogens is 328 g/mol. The third-order valence-corrected chi connectivity index (χ3v) is 3.09. The summed E-state index contributed by atoms with van der Waals surface area (Å²) >= 11 is 0. The fraction of sp³-hybridized carbons (Fsp3) is 0.556. The van der Waals surface area contributed by atoms with Crippen LogP contribution in [0.4, 0.5) is 0 Å². The first-order valence-corrected chi connectivity index (χ1v) is 4.60. The molecule has 0 amide bonds. The summed E-state index contributed by atoms with van der Waals surface area (Å²) in [6, 6.07) is 0. The maximum atomic E-state index is 10.9.